The summed E-state index contributed by atoms with van der Waals surface area (Å²) >= 11 is 1.53. The van der Waals surface area contributed by atoms with Crippen molar-refractivity contribution in [3.8, 4) is 0 Å². The average molecular weight is 249 g/mol. The van der Waals surface area contributed by atoms with E-state index in [-0.39, 0.29) is 0 Å². The highest BCUT2D eigenvalue weighted by atomic mass is 32.1. The number of hydrogen-bond acceptors (Lipinski definition) is 5. The highest BCUT2D eigenvalue weighted by Crippen LogP contribution is 2.48. The van der Waals surface area contributed by atoms with Crippen LogP contribution in [0.4, 0.5) is 5.69 Å². The van der Waals surface area contributed by atoms with Crippen molar-refractivity contribution >= 4 is 27.4 Å². The summed E-state index contributed by atoms with van der Waals surface area (Å²) in [6, 6.07) is 0. The Balaban J connectivity index is 2.29. The molecule has 1 saturated carbocycles. The lowest BCUT2D eigenvalue weighted by Gasteiger charge is -2.25. The Bertz CT molecular complexity index is 587. The first-order valence-corrected chi connectivity index (χ1v) is 6.56. The fraction of sp³-hybridized carbons (Fsp3) is 0.500. The smallest absolute Gasteiger partial charge is 0.143 e. The van der Waals surface area contributed by atoms with Gasteiger partial charge in [0.1, 0.15) is 10.3 Å². The van der Waals surface area contributed by atoms with Gasteiger partial charge in [-0.25, -0.2) is 9.97 Å². The van der Waals surface area contributed by atoms with Crippen LogP contribution in [-0.2, 0) is 5.60 Å². The minimum absolute atomic E-state index is 0.303. The van der Waals surface area contributed by atoms with E-state index in [0.717, 1.165) is 33.8 Å². The molecule has 5 heteroatoms. The van der Waals surface area contributed by atoms with E-state index in [1.165, 1.54) is 11.3 Å². The first kappa shape index (κ1) is 10.9. The van der Waals surface area contributed by atoms with E-state index in [1.807, 2.05) is 13.8 Å². The second-order valence-corrected chi connectivity index (χ2v) is 6.08. The summed E-state index contributed by atoms with van der Waals surface area (Å²) in [6.07, 6.45) is 3.74. The van der Waals surface area contributed by atoms with E-state index in [0.29, 0.717) is 11.6 Å². The standard InChI is InChI=1S/C12H15N3OS/c1-6-15-10-9(12(2,16)7-3-4-7)8(13)5-14-11(10)17-6/h5,7,16H,3-4,13H2,1-2H3. The van der Waals surface area contributed by atoms with Gasteiger partial charge in [0.05, 0.1) is 22.5 Å². The molecule has 0 amide bonds. The molecule has 4 nitrogen and oxygen atoms in total. The maximum absolute atomic E-state index is 10.7. The van der Waals surface area contributed by atoms with E-state index in [9.17, 15) is 5.11 Å². The lowest BCUT2D eigenvalue weighted by atomic mass is 9.90. The first-order chi connectivity index (χ1) is 8.00. The number of nitrogens with zero attached hydrogens (tertiary/aromatic N) is 2. The molecule has 0 aromatic carbocycles. The molecule has 1 aliphatic carbocycles. The predicted molar refractivity (Wildman–Crippen MR) is 68.9 cm³/mol. The molecule has 2 aromatic heterocycles. The van der Waals surface area contributed by atoms with Crippen molar-refractivity contribution in [1.29, 1.82) is 0 Å². The van der Waals surface area contributed by atoms with Crippen LogP contribution in [0.2, 0.25) is 0 Å². The summed E-state index contributed by atoms with van der Waals surface area (Å²) < 4.78 is 0. The van der Waals surface area contributed by atoms with Crippen molar-refractivity contribution < 1.29 is 5.11 Å². The van der Waals surface area contributed by atoms with Gasteiger partial charge in [0.15, 0.2) is 0 Å². The summed E-state index contributed by atoms with van der Waals surface area (Å²) in [6.45, 7) is 3.78. The molecule has 2 aromatic rings. The van der Waals surface area contributed by atoms with Crippen molar-refractivity contribution in [3.05, 3.63) is 16.8 Å². The molecule has 1 aliphatic rings. The number of thiazole rings is 1. The third-order valence-electron chi connectivity index (χ3n) is 3.44. The van der Waals surface area contributed by atoms with Crippen molar-refractivity contribution in [2.75, 3.05) is 5.73 Å². The fourth-order valence-corrected chi connectivity index (χ4v) is 3.14. The van der Waals surface area contributed by atoms with Crippen molar-refractivity contribution in [1.82, 2.24) is 9.97 Å². The zero-order valence-corrected chi connectivity index (χ0v) is 10.7. The minimum Gasteiger partial charge on any atom is -0.397 e. The Kier molecular flexibility index (Phi) is 2.18. The summed E-state index contributed by atoms with van der Waals surface area (Å²) in [7, 11) is 0. The Labute approximate surface area is 104 Å². The molecule has 1 unspecified atom stereocenters. The average Bonchev–Trinajstić information content (AvgIpc) is 3.01. The Morgan fingerprint density at radius 3 is 2.88 bits per heavy atom. The number of aryl methyl sites for hydroxylation is 1. The van der Waals surface area contributed by atoms with E-state index in [4.69, 9.17) is 5.73 Å². The van der Waals surface area contributed by atoms with Crippen LogP contribution in [0, 0.1) is 12.8 Å². The maximum atomic E-state index is 10.7. The molecule has 3 rings (SSSR count). The molecule has 17 heavy (non-hydrogen) atoms. The Morgan fingerprint density at radius 1 is 1.53 bits per heavy atom. The quantitative estimate of drug-likeness (QED) is 0.856. The van der Waals surface area contributed by atoms with Crippen LogP contribution in [0.1, 0.15) is 30.3 Å². The molecule has 1 atom stereocenters. The van der Waals surface area contributed by atoms with Gasteiger partial charge in [-0.15, -0.1) is 0 Å². The molecule has 0 bridgehead atoms. The summed E-state index contributed by atoms with van der Waals surface area (Å²) in [5.41, 5.74) is 7.17. The summed E-state index contributed by atoms with van der Waals surface area (Å²) in [4.78, 5) is 9.60. The zero-order chi connectivity index (χ0) is 12.2. The number of nitrogen functional groups attached to an aromatic ring is 1. The van der Waals surface area contributed by atoms with Gasteiger partial charge in [-0.3, -0.25) is 0 Å². The van der Waals surface area contributed by atoms with Crippen LogP contribution in [0.15, 0.2) is 6.20 Å². The van der Waals surface area contributed by atoms with Crippen LogP contribution in [0.5, 0.6) is 0 Å². The molecule has 3 N–H and O–H groups in total. The van der Waals surface area contributed by atoms with Crippen LogP contribution < -0.4 is 5.73 Å². The van der Waals surface area contributed by atoms with Crippen LogP contribution in [-0.4, -0.2) is 15.1 Å². The van der Waals surface area contributed by atoms with Crippen molar-refractivity contribution in [3.63, 3.8) is 0 Å². The van der Waals surface area contributed by atoms with Gasteiger partial charge in [0.2, 0.25) is 0 Å². The summed E-state index contributed by atoms with van der Waals surface area (Å²) in [5.74, 6) is 0.303. The lowest BCUT2D eigenvalue weighted by molar-refractivity contribution is 0.0351. The molecule has 90 valence electrons. The maximum Gasteiger partial charge on any atom is 0.143 e. The third kappa shape index (κ3) is 1.61. The van der Waals surface area contributed by atoms with Gasteiger partial charge in [-0.2, -0.15) is 0 Å². The second-order valence-electron chi connectivity index (χ2n) is 4.90. The minimum atomic E-state index is -0.883. The SMILES string of the molecule is Cc1nc2c(C(C)(O)C3CC3)c(N)cnc2s1. The van der Waals surface area contributed by atoms with Crippen molar-refractivity contribution in [2.45, 2.75) is 32.3 Å². The van der Waals surface area contributed by atoms with E-state index < -0.39 is 5.60 Å². The largest absolute Gasteiger partial charge is 0.397 e. The number of pyridine rings is 1. The summed E-state index contributed by atoms with van der Waals surface area (Å²) in [5, 5.41) is 11.6. The van der Waals surface area contributed by atoms with Gasteiger partial charge in [0.25, 0.3) is 0 Å². The second kappa shape index (κ2) is 3.40. The number of rotatable bonds is 2. The van der Waals surface area contributed by atoms with Crippen LogP contribution >= 0.6 is 11.3 Å². The number of fused-ring (bicyclic) bond motifs is 1. The first-order valence-electron chi connectivity index (χ1n) is 5.74. The molecule has 0 radical (unpaired) electrons. The van der Waals surface area contributed by atoms with Crippen molar-refractivity contribution in [2.24, 2.45) is 5.92 Å². The topological polar surface area (TPSA) is 72.0 Å². The van der Waals surface area contributed by atoms with Gasteiger partial charge < -0.3 is 10.8 Å². The van der Waals surface area contributed by atoms with E-state index in [1.54, 1.807) is 6.20 Å². The molecule has 2 heterocycles. The van der Waals surface area contributed by atoms with Gasteiger partial charge in [0, 0.05) is 5.56 Å². The molecule has 0 aliphatic heterocycles. The van der Waals surface area contributed by atoms with Gasteiger partial charge in [-0.05, 0) is 32.6 Å². The number of nitrogens with two attached hydrogens (primary N) is 1. The van der Waals surface area contributed by atoms with Crippen LogP contribution in [0.3, 0.4) is 0 Å². The van der Waals surface area contributed by atoms with Gasteiger partial charge >= 0.3 is 0 Å². The van der Waals surface area contributed by atoms with Gasteiger partial charge in [-0.1, -0.05) is 11.3 Å². The molecular weight excluding hydrogens is 234 g/mol. The Morgan fingerprint density at radius 2 is 2.24 bits per heavy atom. The molecule has 1 fully saturated rings. The number of aliphatic hydroxyl groups is 1. The number of hydrogen-bond donors (Lipinski definition) is 2. The van der Waals surface area contributed by atoms with E-state index in [2.05, 4.69) is 9.97 Å². The highest BCUT2D eigenvalue weighted by Gasteiger charge is 2.43. The molecule has 0 saturated heterocycles. The third-order valence-corrected chi connectivity index (χ3v) is 4.32. The van der Waals surface area contributed by atoms with E-state index >= 15 is 0 Å². The monoisotopic (exact) mass is 249 g/mol. The van der Waals surface area contributed by atoms with Crippen LogP contribution in [0.25, 0.3) is 10.3 Å². The molecule has 0 spiro atoms. The Hall–Kier alpha value is -1.20. The zero-order valence-electron chi connectivity index (χ0n) is 9.90. The number of aromatic nitrogens is 2. The lowest BCUT2D eigenvalue weighted by Crippen LogP contribution is -2.25. The fourth-order valence-electron chi connectivity index (χ4n) is 2.38. The number of anilines is 1. The highest BCUT2D eigenvalue weighted by molar-refractivity contribution is 7.18. The normalized spacial score (nSPS) is 19.5. The molecular formula is C12H15N3OS. The predicted octanol–water partition coefficient (Wildman–Crippen LogP) is 2.20.